The molecule has 2 aromatic carbocycles. The second-order valence-electron chi connectivity index (χ2n) is 5.17. The third kappa shape index (κ3) is 3.56. The van der Waals surface area contributed by atoms with Gasteiger partial charge in [-0.25, -0.2) is 4.98 Å². The summed E-state index contributed by atoms with van der Waals surface area (Å²) in [7, 11) is 0. The highest BCUT2D eigenvalue weighted by Crippen LogP contribution is 2.32. The molecule has 3 aromatic rings. The summed E-state index contributed by atoms with van der Waals surface area (Å²) in [4.78, 5) is 15.1. The van der Waals surface area contributed by atoms with E-state index in [1.807, 2.05) is 42.5 Å². The van der Waals surface area contributed by atoms with Gasteiger partial charge in [-0.2, -0.15) is 13.2 Å². The molecule has 1 aromatic heterocycles. The van der Waals surface area contributed by atoms with Crippen LogP contribution in [0.25, 0.3) is 10.8 Å². The van der Waals surface area contributed by atoms with Crippen LogP contribution in [0.3, 0.4) is 0 Å². The lowest BCUT2D eigenvalue weighted by atomic mass is 10.0. The fraction of sp³-hybridized carbons (Fsp3) is 0.176. The van der Waals surface area contributed by atoms with E-state index in [0.29, 0.717) is 24.3 Å². The van der Waals surface area contributed by atoms with Gasteiger partial charge in [-0.15, -0.1) is 11.3 Å². The van der Waals surface area contributed by atoms with Gasteiger partial charge < -0.3 is 5.32 Å². The molecule has 0 aliphatic heterocycles. The van der Waals surface area contributed by atoms with Gasteiger partial charge in [-0.3, -0.25) is 4.79 Å². The van der Waals surface area contributed by atoms with E-state index in [0.717, 1.165) is 22.5 Å². The minimum absolute atomic E-state index is 0.0414. The second-order valence-corrected chi connectivity index (χ2v) is 6.20. The molecule has 1 amide bonds. The predicted octanol–water partition coefficient (Wildman–Crippen LogP) is 4.29. The zero-order chi connectivity index (χ0) is 17.2. The van der Waals surface area contributed by atoms with Gasteiger partial charge >= 0.3 is 6.18 Å². The van der Waals surface area contributed by atoms with Crippen molar-refractivity contribution in [1.82, 2.24) is 10.3 Å². The van der Waals surface area contributed by atoms with Crippen LogP contribution in [0.4, 0.5) is 13.2 Å². The maximum absolute atomic E-state index is 12.5. The van der Waals surface area contributed by atoms with Gasteiger partial charge in [-0.1, -0.05) is 42.5 Å². The minimum Gasteiger partial charge on any atom is -0.351 e. The van der Waals surface area contributed by atoms with Crippen LogP contribution in [0.2, 0.25) is 0 Å². The molecule has 24 heavy (non-hydrogen) atoms. The standard InChI is InChI=1S/C17H13F3N2OS/c18-17(19,20)16-22-10-14(24-16)15(23)21-9-8-12-6-3-5-11-4-1-2-7-13(11)12/h1-7,10H,8-9H2,(H,21,23). The normalized spacial score (nSPS) is 11.6. The lowest BCUT2D eigenvalue weighted by Gasteiger charge is -2.07. The Morgan fingerprint density at radius 2 is 1.88 bits per heavy atom. The SMILES string of the molecule is O=C(NCCc1cccc2ccccc12)c1cnc(C(F)(F)F)s1. The zero-order valence-corrected chi connectivity index (χ0v) is 13.2. The van der Waals surface area contributed by atoms with Gasteiger partial charge in [0.15, 0.2) is 5.01 Å². The summed E-state index contributed by atoms with van der Waals surface area (Å²) in [5.74, 6) is -0.539. The number of halogens is 3. The number of benzene rings is 2. The van der Waals surface area contributed by atoms with Crippen LogP contribution in [0.15, 0.2) is 48.7 Å². The summed E-state index contributed by atoms with van der Waals surface area (Å²) >= 11 is 0.349. The van der Waals surface area contributed by atoms with Crippen molar-refractivity contribution in [3.8, 4) is 0 Å². The van der Waals surface area contributed by atoms with E-state index in [-0.39, 0.29) is 4.88 Å². The number of nitrogens with zero attached hydrogens (tertiary/aromatic N) is 1. The molecule has 7 heteroatoms. The van der Waals surface area contributed by atoms with Gasteiger partial charge in [0.2, 0.25) is 0 Å². The number of carbonyl (C=O) groups is 1. The molecule has 0 saturated carbocycles. The molecule has 0 bridgehead atoms. The third-order valence-electron chi connectivity index (χ3n) is 3.53. The van der Waals surface area contributed by atoms with Crippen LogP contribution in [0.1, 0.15) is 20.2 Å². The number of rotatable bonds is 4. The zero-order valence-electron chi connectivity index (χ0n) is 12.4. The molecule has 0 fully saturated rings. The van der Waals surface area contributed by atoms with E-state index in [2.05, 4.69) is 10.3 Å². The maximum Gasteiger partial charge on any atom is 0.443 e. The third-order valence-corrected chi connectivity index (χ3v) is 4.57. The first-order valence-electron chi connectivity index (χ1n) is 7.23. The number of thiazole rings is 1. The van der Waals surface area contributed by atoms with E-state index in [1.165, 1.54) is 0 Å². The van der Waals surface area contributed by atoms with E-state index in [1.54, 1.807) is 0 Å². The Morgan fingerprint density at radius 3 is 2.62 bits per heavy atom. The van der Waals surface area contributed by atoms with Gasteiger partial charge in [0.1, 0.15) is 4.88 Å². The summed E-state index contributed by atoms with van der Waals surface area (Å²) in [5.41, 5.74) is 1.08. The fourth-order valence-electron chi connectivity index (χ4n) is 2.42. The van der Waals surface area contributed by atoms with E-state index in [4.69, 9.17) is 0 Å². The van der Waals surface area contributed by atoms with Crippen molar-refractivity contribution in [2.75, 3.05) is 6.54 Å². The number of hydrogen-bond donors (Lipinski definition) is 1. The summed E-state index contributed by atoms with van der Waals surface area (Å²) in [6, 6.07) is 13.8. The molecule has 0 aliphatic carbocycles. The number of nitrogens with one attached hydrogen (secondary N) is 1. The van der Waals surface area contributed by atoms with Crippen molar-refractivity contribution in [3.05, 3.63) is 64.1 Å². The van der Waals surface area contributed by atoms with Crippen molar-refractivity contribution in [2.45, 2.75) is 12.6 Å². The smallest absolute Gasteiger partial charge is 0.351 e. The van der Waals surface area contributed by atoms with Gasteiger partial charge in [0.25, 0.3) is 5.91 Å². The number of alkyl halides is 3. The van der Waals surface area contributed by atoms with Crippen molar-refractivity contribution >= 4 is 28.0 Å². The quantitative estimate of drug-likeness (QED) is 0.763. The highest BCUT2D eigenvalue weighted by atomic mass is 32.1. The Morgan fingerprint density at radius 1 is 1.12 bits per heavy atom. The first-order valence-corrected chi connectivity index (χ1v) is 8.04. The first kappa shape index (κ1) is 16.4. The van der Waals surface area contributed by atoms with E-state index in [9.17, 15) is 18.0 Å². The van der Waals surface area contributed by atoms with Crippen LogP contribution < -0.4 is 5.32 Å². The average molecular weight is 350 g/mol. The van der Waals surface area contributed by atoms with Crippen LogP contribution in [0, 0.1) is 0 Å². The number of carbonyl (C=O) groups excluding carboxylic acids is 1. The van der Waals surface area contributed by atoms with Crippen molar-refractivity contribution in [3.63, 3.8) is 0 Å². The van der Waals surface area contributed by atoms with Crippen LogP contribution in [0.5, 0.6) is 0 Å². The van der Waals surface area contributed by atoms with Crippen LogP contribution in [-0.2, 0) is 12.6 Å². The van der Waals surface area contributed by atoms with Gasteiger partial charge in [0, 0.05) is 6.54 Å². The summed E-state index contributed by atoms with van der Waals surface area (Å²) in [6.45, 7) is 0.339. The molecule has 0 unspecified atom stereocenters. The maximum atomic E-state index is 12.5. The highest BCUT2D eigenvalue weighted by molar-refractivity contribution is 7.13. The number of aromatic nitrogens is 1. The Bertz CT molecular complexity index is 868. The summed E-state index contributed by atoms with van der Waals surface area (Å²) < 4.78 is 37.5. The lowest BCUT2D eigenvalue weighted by molar-refractivity contribution is -0.137. The molecule has 3 nitrogen and oxygen atoms in total. The highest BCUT2D eigenvalue weighted by Gasteiger charge is 2.35. The molecule has 3 rings (SSSR count). The van der Waals surface area contributed by atoms with Gasteiger partial charge in [-0.05, 0) is 22.8 Å². The molecule has 0 saturated heterocycles. The monoisotopic (exact) mass is 350 g/mol. The van der Waals surface area contributed by atoms with Crippen molar-refractivity contribution < 1.29 is 18.0 Å². The summed E-state index contributed by atoms with van der Waals surface area (Å²) in [5, 5.41) is 3.84. The Hall–Kier alpha value is -2.41. The van der Waals surface area contributed by atoms with Crippen molar-refractivity contribution in [1.29, 1.82) is 0 Å². The predicted molar refractivity (Wildman–Crippen MR) is 87.1 cm³/mol. The van der Waals surface area contributed by atoms with Crippen LogP contribution >= 0.6 is 11.3 Å². The number of hydrogen-bond acceptors (Lipinski definition) is 3. The van der Waals surface area contributed by atoms with E-state index >= 15 is 0 Å². The second kappa shape index (κ2) is 6.60. The molecule has 124 valence electrons. The summed E-state index contributed by atoms with van der Waals surface area (Å²) in [6.07, 6.45) is -2.97. The first-order chi connectivity index (χ1) is 11.4. The molecular formula is C17H13F3N2OS. The lowest BCUT2D eigenvalue weighted by Crippen LogP contribution is -2.24. The molecule has 0 radical (unpaired) electrons. The van der Waals surface area contributed by atoms with E-state index < -0.39 is 17.1 Å². The number of fused-ring (bicyclic) bond motifs is 1. The Labute approximate surface area is 140 Å². The van der Waals surface area contributed by atoms with Crippen molar-refractivity contribution in [2.24, 2.45) is 0 Å². The molecule has 1 heterocycles. The Balaban J connectivity index is 1.63. The average Bonchev–Trinajstić information content (AvgIpc) is 3.05. The number of amides is 1. The largest absolute Gasteiger partial charge is 0.443 e. The molecule has 0 spiro atoms. The molecule has 0 atom stereocenters. The van der Waals surface area contributed by atoms with Gasteiger partial charge in [0.05, 0.1) is 6.20 Å². The molecular weight excluding hydrogens is 337 g/mol. The minimum atomic E-state index is -4.52. The topological polar surface area (TPSA) is 42.0 Å². The van der Waals surface area contributed by atoms with Crippen LogP contribution in [-0.4, -0.2) is 17.4 Å². The molecule has 1 N–H and O–H groups in total. The Kier molecular flexibility index (Phi) is 4.53. The fourth-order valence-corrected chi connectivity index (χ4v) is 3.12. The molecule has 0 aliphatic rings.